The van der Waals surface area contributed by atoms with Gasteiger partial charge in [0.05, 0.1) is 33.6 Å². The largest absolute Gasteiger partial charge is 0.493 e. The Morgan fingerprint density at radius 2 is 1.73 bits per heavy atom. The van der Waals surface area contributed by atoms with E-state index >= 15 is 0 Å². The Hall–Kier alpha value is -3.29. The minimum Gasteiger partial charge on any atom is -0.493 e. The first kappa shape index (κ1) is 19.0. The van der Waals surface area contributed by atoms with E-state index in [1.807, 2.05) is 6.07 Å². The lowest BCUT2D eigenvalue weighted by molar-refractivity contribution is 0.0950. The first-order chi connectivity index (χ1) is 12.6. The average Bonchev–Trinajstić information content (AvgIpc) is 2.69. The Morgan fingerprint density at radius 1 is 0.962 bits per heavy atom. The number of carbonyl (C=O) groups is 2. The molecule has 2 rings (SSSR count). The van der Waals surface area contributed by atoms with Crippen LogP contribution in [-0.4, -0.2) is 38.3 Å². The van der Waals surface area contributed by atoms with Crippen molar-refractivity contribution >= 4 is 12.0 Å². The highest BCUT2D eigenvalue weighted by molar-refractivity contribution is 5.94. The Labute approximate surface area is 151 Å². The molecule has 0 aliphatic heterocycles. The number of pyridine rings is 1. The number of aromatic nitrogens is 1. The number of nitrogens with zero attached hydrogens (tertiary/aromatic N) is 1. The van der Waals surface area contributed by atoms with Gasteiger partial charge < -0.3 is 24.8 Å². The van der Waals surface area contributed by atoms with Gasteiger partial charge in [-0.05, 0) is 29.8 Å². The van der Waals surface area contributed by atoms with Gasteiger partial charge in [-0.1, -0.05) is 6.07 Å². The summed E-state index contributed by atoms with van der Waals surface area (Å²) in [7, 11) is 4.40. The van der Waals surface area contributed by atoms with E-state index in [9.17, 15) is 9.59 Å². The van der Waals surface area contributed by atoms with E-state index in [-0.39, 0.29) is 12.5 Å². The molecule has 0 bridgehead atoms. The fourth-order valence-corrected chi connectivity index (χ4v) is 2.23. The smallest absolute Gasteiger partial charge is 0.407 e. The van der Waals surface area contributed by atoms with E-state index < -0.39 is 6.09 Å². The predicted octanol–water partition coefficient (Wildman–Crippen LogP) is 1.88. The topological polar surface area (TPSA) is 98.8 Å². The van der Waals surface area contributed by atoms with Gasteiger partial charge in [-0.3, -0.25) is 9.78 Å². The third-order valence-corrected chi connectivity index (χ3v) is 3.58. The first-order valence-corrected chi connectivity index (χ1v) is 7.83. The molecule has 0 spiro atoms. The lowest BCUT2D eigenvalue weighted by Crippen LogP contribution is -2.25. The fourth-order valence-electron chi connectivity index (χ4n) is 2.23. The number of hydrogen-bond donors (Lipinski definition) is 2. The minimum atomic E-state index is -0.560. The van der Waals surface area contributed by atoms with E-state index in [1.165, 1.54) is 13.3 Å². The van der Waals surface area contributed by atoms with Gasteiger partial charge in [0.25, 0.3) is 5.91 Å². The van der Waals surface area contributed by atoms with Gasteiger partial charge in [0.2, 0.25) is 0 Å². The van der Waals surface area contributed by atoms with Crippen LogP contribution in [0.3, 0.4) is 0 Å². The number of methoxy groups -OCH3 is 3. The second kappa shape index (κ2) is 9.26. The molecule has 2 aromatic rings. The van der Waals surface area contributed by atoms with Crippen LogP contribution in [0.1, 0.15) is 21.6 Å². The molecule has 2 amide bonds. The summed E-state index contributed by atoms with van der Waals surface area (Å²) in [6.07, 6.45) is 0.953. The van der Waals surface area contributed by atoms with Crippen LogP contribution >= 0.6 is 0 Å². The van der Waals surface area contributed by atoms with Crippen molar-refractivity contribution in [2.24, 2.45) is 0 Å². The number of alkyl carbamates (subject to hydrolysis) is 1. The van der Waals surface area contributed by atoms with E-state index in [0.717, 1.165) is 5.56 Å². The number of benzene rings is 1. The van der Waals surface area contributed by atoms with E-state index in [0.29, 0.717) is 29.3 Å². The van der Waals surface area contributed by atoms with E-state index in [2.05, 4.69) is 20.4 Å². The highest BCUT2D eigenvalue weighted by atomic mass is 16.5. The average molecular weight is 359 g/mol. The number of hydrogen-bond acceptors (Lipinski definition) is 6. The van der Waals surface area contributed by atoms with Crippen LogP contribution in [0.4, 0.5) is 4.79 Å². The first-order valence-electron chi connectivity index (χ1n) is 7.83. The fraction of sp³-hybridized carbons (Fsp3) is 0.278. The maximum Gasteiger partial charge on any atom is 0.407 e. The van der Waals surface area contributed by atoms with Gasteiger partial charge in [0.1, 0.15) is 0 Å². The standard InChI is InChI=1S/C18H21N3O5/c1-24-15-5-4-12(8-16(15)25-2)10-20-17(22)13-6-7-19-14(9-13)11-21-18(23)26-3/h4-9H,10-11H2,1-3H3,(H,20,22)(H,21,23). The quantitative estimate of drug-likeness (QED) is 0.783. The Morgan fingerprint density at radius 3 is 2.42 bits per heavy atom. The number of nitrogens with one attached hydrogen (secondary N) is 2. The Kier molecular flexibility index (Phi) is 6.78. The summed E-state index contributed by atoms with van der Waals surface area (Å²) in [5, 5.41) is 5.35. The van der Waals surface area contributed by atoms with Crippen molar-refractivity contribution < 1.29 is 23.8 Å². The maximum absolute atomic E-state index is 12.3. The molecule has 8 heteroatoms. The highest BCUT2D eigenvalue weighted by Gasteiger charge is 2.09. The molecule has 0 aliphatic carbocycles. The van der Waals surface area contributed by atoms with Crippen LogP contribution < -0.4 is 20.1 Å². The summed E-state index contributed by atoms with van der Waals surface area (Å²) in [5.41, 5.74) is 1.87. The van der Waals surface area contributed by atoms with Crippen molar-refractivity contribution in [1.29, 1.82) is 0 Å². The van der Waals surface area contributed by atoms with Crippen molar-refractivity contribution in [3.05, 3.63) is 53.3 Å². The molecule has 2 N–H and O–H groups in total. The molecule has 0 radical (unpaired) electrons. The molecule has 138 valence electrons. The van der Waals surface area contributed by atoms with Crippen molar-refractivity contribution in [3.63, 3.8) is 0 Å². The minimum absolute atomic E-state index is 0.170. The van der Waals surface area contributed by atoms with Gasteiger partial charge >= 0.3 is 6.09 Å². The molecular formula is C18H21N3O5. The van der Waals surface area contributed by atoms with Crippen LogP contribution in [0.5, 0.6) is 11.5 Å². The lowest BCUT2D eigenvalue weighted by atomic mass is 10.1. The number of ether oxygens (including phenoxy) is 3. The molecule has 1 aromatic heterocycles. The van der Waals surface area contributed by atoms with Gasteiger partial charge in [0.15, 0.2) is 11.5 Å². The molecular weight excluding hydrogens is 338 g/mol. The summed E-state index contributed by atoms with van der Waals surface area (Å²) < 4.78 is 14.9. The van der Waals surface area contributed by atoms with Gasteiger partial charge in [0, 0.05) is 18.3 Å². The van der Waals surface area contributed by atoms with Gasteiger partial charge in [-0.25, -0.2) is 4.79 Å². The van der Waals surface area contributed by atoms with Crippen LogP contribution in [0, 0.1) is 0 Å². The number of carbonyl (C=O) groups excluding carboxylic acids is 2. The third kappa shape index (κ3) is 5.10. The number of rotatable bonds is 7. The summed E-state index contributed by atoms with van der Waals surface area (Å²) in [6.45, 7) is 0.501. The zero-order valence-corrected chi connectivity index (χ0v) is 14.9. The van der Waals surface area contributed by atoms with Crippen molar-refractivity contribution in [2.75, 3.05) is 21.3 Å². The normalized spacial score (nSPS) is 9.96. The molecule has 0 saturated heterocycles. The second-order valence-corrected chi connectivity index (χ2v) is 5.25. The zero-order chi connectivity index (χ0) is 18.9. The summed E-state index contributed by atoms with van der Waals surface area (Å²) in [5.74, 6) is 0.972. The Bertz CT molecular complexity index is 779. The molecule has 0 aliphatic rings. The molecule has 0 unspecified atom stereocenters. The molecule has 26 heavy (non-hydrogen) atoms. The van der Waals surface area contributed by atoms with Crippen LogP contribution in [0.15, 0.2) is 36.5 Å². The molecule has 0 saturated carbocycles. The van der Waals surface area contributed by atoms with Crippen molar-refractivity contribution in [1.82, 2.24) is 15.6 Å². The SMILES string of the molecule is COC(=O)NCc1cc(C(=O)NCc2ccc(OC)c(OC)c2)ccn1. The maximum atomic E-state index is 12.3. The molecule has 1 aromatic carbocycles. The van der Waals surface area contributed by atoms with Crippen LogP contribution in [-0.2, 0) is 17.8 Å². The number of amides is 2. The molecule has 0 atom stereocenters. The second-order valence-electron chi connectivity index (χ2n) is 5.25. The van der Waals surface area contributed by atoms with Crippen molar-refractivity contribution in [3.8, 4) is 11.5 Å². The molecule has 1 heterocycles. The highest BCUT2D eigenvalue weighted by Crippen LogP contribution is 2.27. The van der Waals surface area contributed by atoms with Crippen LogP contribution in [0.2, 0.25) is 0 Å². The monoisotopic (exact) mass is 359 g/mol. The van der Waals surface area contributed by atoms with Gasteiger partial charge in [-0.2, -0.15) is 0 Å². The Balaban J connectivity index is 1.98. The van der Waals surface area contributed by atoms with Crippen LogP contribution in [0.25, 0.3) is 0 Å². The van der Waals surface area contributed by atoms with Crippen molar-refractivity contribution in [2.45, 2.75) is 13.1 Å². The summed E-state index contributed by atoms with van der Waals surface area (Å²) >= 11 is 0. The predicted molar refractivity (Wildman–Crippen MR) is 94.2 cm³/mol. The van der Waals surface area contributed by atoms with E-state index in [4.69, 9.17) is 9.47 Å². The van der Waals surface area contributed by atoms with Gasteiger partial charge in [-0.15, -0.1) is 0 Å². The molecule has 8 nitrogen and oxygen atoms in total. The zero-order valence-electron chi connectivity index (χ0n) is 14.9. The molecule has 0 fully saturated rings. The summed E-state index contributed by atoms with van der Waals surface area (Å²) in [6, 6.07) is 8.64. The van der Waals surface area contributed by atoms with E-state index in [1.54, 1.807) is 38.5 Å². The third-order valence-electron chi connectivity index (χ3n) is 3.58. The summed E-state index contributed by atoms with van der Waals surface area (Å²) in [4.78, 5) is 27.5. The lowest BCUT2D eigenvalue weighted by Gasteiger charge is -2.11.